The Labute approximate surface area is 141 Å². The Morgan fingerprint density at radius 2 is 1.96 bits per heavy atom. The molecule has 2 unspecified atom stereocenters. The zero-order valence-electron chi connectivity index (χ0n) is 13.4. The maximum atomic E-state index is 13.7. The van der Waals surface area contributed by atoms with Crippen LogP contribution in [0.25, 0.3) is 0 Å². The summed E-state index contributed by atoms with van der Waals surface area (Å²) in [5, 5.41) is 0. The predicted molar refractivity (Wildman–Crippen MR) is 78.2 cm³/mol. The molecule has 138 valence electrons. The number of esters is 1. The average molecular weight is 363 g/mol. The van der Waals surface area contributed by atoms with Gasteiger partial charge in [0, 0.05) is 12.8 Å². The first-order chi connectivity index (χ1) is 11.7. The van der Waals surface area contributed by atoms with Gasteiger partial charge in [-0.25, -0.2) is 9.18 Å². The van der Waals surface area contributed by atoms with Crippen LogP contribution in [0.4, 0.5) is 17.6 Å². The van der Waals surface area contributed by atoms with Gasteiger partial charge in [-0.3, -0.25) is 4.79 Å². The molecule has 0 bridgehead atoms. The van der Waals surface area contributed by atoms with E-state index in [1.807, 2.05) is 0 Å². The normalized spacial score (nSPS) is 20.4. The standard InChI is InChI=1S/C16H17F4NO4/c1-24-15(23)12-8-10(25-13-5-3-2-4-11(13)17)9-21(12)14(22)6-7-16(18,19)20/h2-5,10,12H,6-9H2,1H3. The molecule has 0 N–H and O–H groups in total. The number of benzene rings is 1. The zero-order valence-corrected chi connectivity index (χ0v) is 13.4. The van der Waals surface area contributed by atoms with Gasteiger partial charge in [0.05, 0.1) is 20.1 Å². The van der Waals surface area contributed by atoms with Gasteiger partial charge in [0.1, 0.15) is 12.1 Å². The topological polar surface area (TPSA) is 55.8 Å². The number of carbonyl (C=O) groups is 2. The number of nitrogens with zero attached hydrogens (tertiary/aromatic N) is 1. The second-order valence-corrected chi connectivity index (χ2v) is 5.61. The summed E-state index contributed by atoms with van der Waals surface area (Å²) >= 11 is 0. The van der Waals surface area contributed by atoms with Crippen molar-refractivity contribution in [3.05, 3.63) is 30.1 Å². The lowest BCUT2D eigenvalue weighted by molar-refractivity contribution is -0.155. The second kappa shape index (κ2) is 7.71. The van der Waals surface area contributed by atoms with Gasteiger partial charge in [-0.15, -0.1) is 0 Å². The molecule has 25 heavy (non-hydrogen) atoms. The van der Waals surface area contributed by atoms with E-state index in [0.29, 0.717) is 0 Å². The van der Waals surface area contributed by atoms with Crippen LogP contribution < -0.4 is 4.74 Å². The fourth-order valence-electron chi connectivity index (χ4n) is 2.63. The molecule has 0 radical (unpaired) electrons. The SMILES string of the molecule is COC(=O)C1CC(Oc2ccccc2F)CN1C(=O)CCC(F)(F)F. The molecule has 1 fully saturated rings. The molecule has 2 atom stereocenters. The van der Waals surface area contributed by atoms with E-state index in [1.54, 1.807) is 6.07 Å². The minimum atomic E-state index is -4.47. The molecule has 9 heteroatoms. The summed E-state index contributed by atoms with van der Waals surface area (Å²) in [4.78, 5) is 24.9. The first kappa shape index (κ1) is 19.0. The molecule has 1 aliphatic rings. The van der Waals surface area contributed by atoms with Crippen LogP contribution in [0.15, 0.2) is 24.3 Å². The molecule has 2 rings (SSSR count). The van der Waals surface area contributed by atoms with Gasteiger partial charge < -0.3 is 14.4 Å². The first-order valence-corrected chi connectivity index (χ1v) is 7.56. The molecular formula is C16H17F4NO4. The molecule has 0 aliphatic carbocycles. The van der Waals surface area contributed by atoms with Gasteiger partial charge in [0.25, 0.3) is 0 Å². The number of alkyl halides is 3. The number of amides is 1. The fourth-order valence-corrected chi connectivity index (χ4v) is 2.63. The number of carbonyl (C=O) groups excluding carboxylic acids is 2. The van der Waals surface area contributed by atoms with E-state index in [-0.39, 0.29) is 18.7 Å². The van der Waals surface area contributed by atoms with E-state index in [9.17, 15) is 27.2 Å². The molecule has 1 amide bonds. The minimum Gasteiger partial charge on any atom is -0.485 e. The number of likely N-dealkylation sites (tertiary alicyclic amines) is 1. The molecule has 1 heterocycles. The highest BCUT2D eigenvalue weighted by Gasteiger charge is 2.42. The summed E-state index contributed by atoms with van der Waals surface area (Å²) in [5.74, 6) is -2.24. The van der Waals surface area contributed by atoms with Crippen molar-refractivity contribution in [2.24, 2.45) is 0 Å². The highest BCUT2D eigenvalue weighted by molar-refractivity contribution is 5.85. The average Bonchev–Trinajstić information content (AvgIpc) is 2.97. The monoisotopic (exact) mass is 363 g/mol. The smallest absolute Gasteiger partial charge is 0.389 e. The maximum absolute atomic E-state index is 13.7. The van der Waals surface area contributed by atoms with Crippen LogP contribution in [0.1, 0.15) is 19.3 Å². The van der Waals surface area contributed by atoms with Gasteiger partial charge in [-0.2, -0.15) is 13.2 Å². The van der Waals surface area contributed by atoms with Crippen molar-refractivity contribution in [3.8, 4) is 5.75 Å². The van der Waals surface area contributed by atoms with E-state index < -0.39 is 48.9 Å². The van der Waals surface area contributed by atoms with Crippen molar-refractivity contribution in [2.45, 2.75) is 37.6 Å². The number of para-hydroxylation sites is 1. The third-order valence-corrected chi connectivity index (χ3v) is 3.81. The summed E-state index contributed by atoms with van der Waals surface area (Å²) in [6.07, 6.45) is -7.24. The van der Waals surface area contributed by atoms with Crippen LogP contribution in [0, 0.1) is 5.82 Å². The molecule has 1 aromatic rings. The molecule has 1 aliphatic heterocycles. The number of hydrogen-bond acceptors (Lipinski definition) is 4. The van der Waals surface area contributed by atoms with Crippen LogP contribution in [-0.2, 0) is 14.3 Å². The van der Waals surface area contributed by atoms with Gasteiger partial charge in [-0.1, -0.05) is 12.1 Å². The quantitative estimate of drug-likeness (QED) is 0.596. The van der Waals surface area contributed by atoms with Crippen LogP contribution in [0.5, 0.6) is 5.75 Å². The van der Waals surface area contributed by atoms with E-state index in [0.717, 1.165) is 12.0 Å². The summed E-state index contributed by atoms with van der Waals surface area (Å²) in [6, 6.07) is 4.55. The lowest BCUT2D eigenvalue weighted by Gasteiger charge is -2.22. The number of rotatable bonds is 5. The van der Waals surface area contributed by atoms with Crippen LogP contribution in [-0.4, -0.2) is 48.8 Å². The fraction of sp³-hybridized carbons (Fsp3) is 0.500. The Hall–Kier alpha value is -2.32. The minimum absolute atomic E-state index is 0.0127. The van der Waals surface area contributed by atoms with Gasteiger partial charge in [-0.05, 0) is 12.1 Å². The number of ether oxygens (including phenoxy) is 2. The molecule has 0 saturated carbocycles. The summed E-state index contributed by atoms with van der Waals surface area (Å²) in [7, 11) is 1.12. The third-order valence-electron chi connectivity index (χ3n) is 3.81. The van der Waals surface area contributed by atoms with E-state index >= 15 is 0 Å². The summed E-state index contributed by atoms with van der Waals surface area (Å²) < 4.78 is 60.6. The van der Waals surface area contributed by atoms with Crippen LogP contribution >= 0.6 is 0 Å². The van der Waals surface area contributed by atoms with Crippen molar-refractivity contribution in [1.82, 2.24) is 4.90 Å². The van der Waals surface area contributed by atoms with Crippen molar-refractivity contribution in [2.75, 3.05) is 13.7 Å². The lowest BCUT2D eigenvalue weighted by Crippen LogP contribution is -2.41. The Bertz CT molecular complexity index is 635. The molecule has 1 aromatic carbocycles. The van der Waals surface area contributed by atoms with E-state index in [2.05, 4.69) is 4.74 Å². The van der Waals surface area contributed by atoms with Crippen molar-refractivity contribution >= 4 is 11.9 Å². The van der Waals surface area contributed by atoms with Gasteiger partial charge in [0.2, 0.25) is 5.91 Å². The Balaban J connectivity index is 2.08. The number of halogens is 4. The Kier molecular flexibility index (Phi) is 5.86. The molecular weight excluding hydrogens is 346 g/mol. The van der Waals surface area contributed by atoms with Crippen LogP contribution in [0.2, 0.25) is 0 Å². The first-order valence-electron chi connectivity index (χ1n) is 7.56. The van der Waals surface area contributed by atoms with Crippen molar-refractivity contribution in [3.63, 3.8) is 0 Å². The highest BCUT2D eigenvalue weighted by Crippen LogP contribution is 2.28. The molecule has 0 aromatic heterocycles. The number of hydrogen-bond donors (Lipinski definition) is 0. The van der Waals surface area contributed by atoms with Crippen molar-refractivity contribution < 1.29 is 36.6 Å². The third kappa shape index (κ3) is 5.07. The largest absolute Gasteiger partial charge is 0.485 e. The predicted octanol–water partition coefficient (Wildman–Crippen LogP) is 2.69. The molecule has 0 spiro atoms. The lowest BCUT2D eigenvalue weighted by atomic mass is 10.2. The summed E-state index contributed by atoms with van der Waals surface area (Å²) in [6.45, 7) is -0.120. The van der Waals surface area contributed by atoms with E-state index in [4.69, 9.17) is 4.74 Å². The highest BCUT2D eigenvalue weighted by atomic mass is 19.4. The second-order valence-electron chi connectivity index (χ2n) is 5.61. The van der Waals surface area contributed by atoms with Crippen molar-refractivity contribution in [1.29, 1.82) is 0 Å². The zero-order chi connectivity index (χ0) is 18.6. The van der Waals surface area contributed by atoms with Gasteiger partial charge in [0.15, 0.2) is 11.6 Å². The number of methoxy groups -OCH3 is 1. The maximum Gasteiger partial charge on any atom is 0.389 e. The Morgan fingerprint density at radius 1 is 1.28 bits per heavy atom. The van der Waals surface area contributed by atoms with Crippen LogP contribution in [0.3, 0.4) is 0 Å². The van der Waals surface area contributed by atoms with E-state index in [1.165, 1.54) is 18.2 Å². The molecule has 1 saturated heterocycles. The summed E-state index contributed by atoms with van der Waals surface area (Å²) in [5.41, 5.74) is 0. The van der Waals surface area contributed by atoms with Gasteiger partial charge >= 0.3 is 12.1 Å². The molecule has 5 nitrogen and oxygen atoms in total. The Morgan fingerprint density at radius 3 is 2.56 bits per heavy atom.